The van der Waals surface area contributed by atoms with Crippen molar-refractivity contribution in [2.75, 3.05) is 3.80 Å². The van der Waals surface area contributed by atoms with Gasteiger partial charge in [0.05, 0.1) is 0 Å². The molecule has 108 valence electrons. The van der Waals surface area contributed by atoms with Crippen molar-refractivity contribution in [3.05, 3.63) is 50.9 Å². The molecule has 1 nitrogen and oxygen atoms in total. The minimum atomic E-state index is -2.86. The number of hydrogen-bond donors (Lipinski definition) is 1. The van der Waals surface area contributed by atoms with E-state index in [0.29, 0.717) is 5.92 Å². The molecule has 1 unspecified atom stereocenters. The predicted molar refractivity (Wildman–Crippen MR) is 90.6 cm³/mol. The van der Waals surface area contributed by atoms with Crippen LogP contribution in [0, 0.1) is 5.92 Å². The fourth-order valence-electron chi connectivity index (χ4n) is 3.71. The zero-order valence-electron chi connectivity index (χ0n) is 13.7. The van der Waals surface area contributed by atoms with Gasteiger partial charge in [-0.3, -0.25) is 0 Å². The van der Waals surface area contributed by atoms with E-state index in [1.165, 1.54) is 16.8 Å². The van der Waals surface area contributed by atoms with Gasteiger partial charge in [-0.05, 0) is 0 Å². The van der Waals surface area contributed by atoms with E-state index in [1.807, 2.05) is 0 Å². The number of para-hydroxylation sites is 1. The standard InChI is InChI=1S/C9H13.C6H6N.2CH3.H2Si.Ti/c1-6-5-7(2)9(4)8(6)3;7-6-4-2-1-3-5-6;;;;/h6H,1-4H3;1-5,7H;2*1H3;1H2;/q;-1;;;;+1. The van der Waals surface area contributed by atoms with Gasteiger partial charge in [-0.2, -0.15) is 0 Å². The first-order chi connectivity index (χ1) is 9.12. The summed E-state index contributed by atoms with van der Waals surface area (Å²) < 4.78 is 5.67. The van der Waals surface area contributed by atoms with Crippen molar-refractivity contribution in [2.24, 2.45) is 5.92 Å². The first-order valence-corrected chi connectivity index (χ1v) is 16.1. The van der Waals surface area contributed by atoms with Crippen molar-refractivity contribution in [3.8, 4) is 0 Å². The molecular formula is C17H27NSiTi. The molecule has 20 heavy (non-hydrogen) atoms. The van der Waals surface area contributed by atoms with E-state index >= 15 is 0 Å². The third-order valence-corrected chi connectivity index (χ3v) is 12.8. The molecule has 0 spiro atoms. The van der Waals surface area contributed by atoms with Crippen LogP contribution >= 0.6 is 0 Å². The molecule has 0 radical (unpaired) electrons. The molecule has 1 aliphatic rings. The van der Waals surface area contributed by atoms with Crippen LogP contribution in [0.15, 0.2) is 50.9 Å². The van der Waals surface area contributed by atoms with Crippen molar-refractivity contribution in [3.63, 3.8) is 0 Å². The molecular weight excluding hydrogens is 294 g/mol. The Balaban J connectivity index is 2.48. The molecule has 0 amide bonds. The molecule has 0 saturated carbocycles. The number of anilines is 1. The number of benzene rings is 1. The Morgan fingerprint density at radius 2 is 1.55 bits per heavy atom. The first kappa shape index (κ1) is 15.8. The summed E-state index contributed by atoms with van der Waals surface area (Å²) in [6.07, 6.45) is 0. The van der Waals surface area contributed by atoms with Gasteiger partial charge in [0, 0.05) is 0 Å². The Labute approximate surface area is 126 Å². The quantitative estimate of drug-likeness (QED) is 0.802. The second-order valence-corrected chi connectivity index (χ2v) is 25.6. The monoisotopic (exact) mass is 321 g/mol. The SMILES string of the molecule is CC1=C(C)C(C)[C]([Ti]([CH3])([CH3])(=[SiH2])[NH]c2ccccc2)=C1C. The molecule has 0 heterocycles. The van der Waals surface area contributed by atoms with Gasteiger partial charge < -0.3 is 0 Å². The summed E-state index contributed by atoms with van der Waals surface area (Å²) >= 11 is -2.86. The van der Waals surface area contributed by atoms with Crippen molar-refractivity contribution in [1.82, 2.24) is 0 Å². The maximum atomic E-state index is 3.96. The minimum absolute atomic E-state index is 0.593. The average molecular weight is 321 g/mol. The third-order valence-electron chi connectivity index (χ3n) is 4.82. The van der Waals surface area contributed by atoms with Gasteiger partial charge in [0.25, 0.3) is 0 Å². The van der Waals surface area contributed by atoms with Crippen LogP contribution in [-0.2, 0) is 14.3 Å². The Bertz CT molecular complexity index is 661. The summed E-state index contributed by atoms with van der Waals surface area (Å²) in [5, 5.41) is 5.01. The summed E-state index contributed by atoms with van der Waals surface area (Å²) in [6.45, 7) is 9.27. The fraction of sp³-hybridized carbons (Fsp3) is 0.412. The average Bonchev–Trinajstić information content (AvgIpc) is 2.54. The van der Waals surface area contributed by atoms with E-state index in [9.17, 15) is 0 Å². The number of allylic oxidation sites excluding steroid dienone is 4. The Kier molecular flexibility index (Phi) is 3.96. The molecule has 1 atom stereocenters. The molecule has 0 fully saturated rings. The Morgan fingerprint density at radius 1 is 1.00 bits per heavy atom. The number of rotatable bonds is 3. The van der Waals surface area contributed by atoms with Crippen molar-refractivity contribution >= 4 is 13.3 Å². The van der Waals surface area contributed by atoms with Gasteiger partial charge >= 0.3 is 126 Å². The summed E-state index contributed by atoms with van der Waals surface area (Å²) in [6, 6.07) is 10.7. The van der Waals surface area contributed by atoms with E-state index in [4.69, 9.17) is 0 Å². The molecule has 0 aromatic heterocycles. The molecule has 1 aliphatic carbocycles. The van der Waals surface area contributed by atoms with Crippen molar-refractivity contribution < 1.29 is 14.3 Å². The van der Waals surface area contributed by atoms with E-state index in [0.717, 1.165) is 0 Å². The van der Waals surface area contributed by atoms with Crippen LogP contribution in [-0.4, -0.2) is 7.63 Å². The molecule has 1 aromatic carbocycles. The molecule has 0 bridgehead atoms. The van der Waals surface area contributed by atoms with E-state index in [2.05, 4.69) is 79.9 Å². The predicted octanol–water partition coefficient (Wildman–Crippen LogP) is 4.61. The van der Waals surface area contributed by atoms with Gasteiger partial charge in [0.2, 0.25) is 0 Å². The third kappa shape index (κ3) is 2.74. The van der Waals surface area contributed by atoms with Crippen molar-refractivity contribution in [1.29, 1.82) is 0 Å². The summed E-state index contributed by atoms with van der Waals surface area (Å²) in [4.78, 5) is 0. The van der Waals surface area contributed by atoms with Gasteiger partial charge in [0.1, 0.15) is 0 Å². The van der Waals surface area contributed by atoms with Gasteiger partial charge in [-0.15, -0.1) is 0 Å². The zero-order chi connectivity index (χ0) is 15.2. The van der Waals surface area contributed by atoms with Gasteiger partial charge in [-0.1, -0.05) is 0 Å². The molecule has 1 aromatic rings. The molecule has 2 rings (SSSR count). The summed E-state index contributed by atoms with van der Waals surface area (Å²) in [5.74, 6) is 0.593. The van der Waals surface area contributed by atoms with Gasteiger partial charge in [-0.25, -0.2) is 0 Å². The van der Waals surface area contributed by atoms with E-state index in [1.54, 1.807) is 9.45 Å². The van der Waals surface area contributed by atoms with E-state index in [-0.39, 0.29) is 0 Å². The Morgan fingerprint density at radius 3 is 2.00 bits per heavy atom. The second-order valence-electron chi connectivity index (χ2n) is 7.25. The van der Waals surface area contributed by atoms with Crippen LogP contribution in [0.4, 0.5) is 5.69 Å². The maximum absolute atomic E-state index is 3.96. The van der Waals surface area contributed by atoms with Gasteiger partial charge in [0.15, 0.2) is 0 Å². The normalized spacial score (nSPS) is 20.6. The number of nitrogens with one attached hydrogen (secondary N) is 1. The first-order valence-electron chi connectivity index (χ1n) is 7.42. The van der Waals surface area contributed by atoms with Crippen LogP contribution in [0.1, 0.15) is 27.7 Å². The Hall–Kier alpha value is -0.569. The summed E-state index contributed by atoms with van der Waals surface area (Å²) in [7, 11) is 2.24. The molecule has 0 aliphatic heterocycles. The molecule has 0 saturated heterocycles. The van der Waals surface area contributed by atoms with Crippen LogP contribution in [0.2, 0.25) is 10.5 Å². The van der Waals surface area contributed by atoms with Crippen LogP contribution in [0.5, 0.6) is 0 Å². The molecule has 1 N–H and O–H groups in total. The second kappa shape index (κ2) is 5.01. The van der Waals surface area contributed by atoms with Crippen LogP contribution in [0.3, 0.4) is 0 Å². The van der Waals surface area contributed by atoms with Crippen LogP contribution < -0.4 is 3.80 Å². The van der Waals surface area contributed by atoms with Crippen LogP contribution in [0.25, 0.3) is 0 Å². The molecule has 3 heteroatoms. The topological polar surface area (TPSA) is 12.0 Å². The summed E-state index contributed by atoms with van der Waals surface area (Å²) in [5.41, 5.74) is 5.86. The zero-order valence-corrected chi connectivity index (χ0v) is 16.6. The van der Waals surface area contributed by atoms with Crippen molar-refractivity contribution in [2.45, 2.75) is 38.2 Å². The number of hydrogen-bond acceptors (Lipinski definition) is 1. The van der Waals surface area contributed by atoms with E-state index < -0.39 is 14.3 Å². The fourth-order valence-corrected chi connectivity index (χ4v) is 13.5.